The molecule has 0 aliphatic carbocycles. The van der Waals surface area contributed by atoms with Gasteiger partial charge in [-0.25, -0.2) is 0 Å². The minimum Gasteiger partial charge on any atom is -0.372 e. The van der Waals surface area contributed by atoms with Crippen molar-refractivity contribution in [1.82, 2.24) is 4.90 Å². The Labute approximate surface area is 118 Å². The maximum absolute atomic E-state index is 6.05. The maximum atomic E-state index is 6.05. The fourth-order valence-corrected chi connectivity index (χ4v) is 2.22. The zero-order valence-electron chi connectivity index (χ0n) is 12.9. The molecule has 0 fully saturated rings. The lowest BCUT2D eigenvalue weighted by molar-refractivity contribution is 0.400. The van der Waals surface area contributed by atoms with E-state index in [1.165, 1.54) is 17.7 Å². The van der Waals surface area contributed by atoms with Crippen molar-refractivity contribution >= 4 is 5.69 Å². The minimum absolute atomic E-state index is 0.165. The van der Waals surface area contributed by atoms with Crippen LogP contribution in [0, 0.1) is 0 Å². The van der Waals surface area contributed by atoms with Crippen LogP contribution < -0.4 is 10.6 Å². The van der Waals surface area contributed by atoms with Gasteiger partial charge in [-0.3, -0.25) is 0 Å². The quantitative estimate of drug-likeness (QED) is 0.783. The molecule has 1 aromatic rings. The van der Waals surface area contributed by atoms with Crippen LogP contribution in [-0.2, 0) is 0 Å². The van der Waals surface area contributed by atoms with Crippen LogP contribution in [0.2, 0.25) is 0 Å². The van der Waals surface area contributed by atoms with Gasteiger partial charge in [-0.05, 0) is 58.1 Å². The Hall–Kier alpha value is -1.06. The lowest BCUT2D eigenvalue weighted by Gasteiger charge is -2.24. The summed E-state index contributed by atoms with van der Waals surface area (Å²) < 4.78 is 0. The van der Waals surface area contributed by atoms with Gasteiger partial charge in [0, 0.05) is 24.8 Å². The highest BCUT2D eigenvalue weighted by molar-refractivity contribution is 5.47. The van der Waals surface area contributed by atoms with E-state index >= 15 is 0 Å². The van der Waals surface area contributed by atoms with Crippen molar-refractivity contribution in [2.75, 3.05) is 38.6 Å². The number of nitrogens with zero attached hydrogens (tertiary/aromatic N) is 2. The summed E-state index contributed by atoms with van der Waals surface area (Å²) in [5, 5.41) is 0. The van der Waals surface area contributed by atoms with Gasteiger partial charge < -0.3 is 15.5 Å². The predicted molar refractivity (Wildman–Crippen MR) is 84.7 cm³/mol. The first-order valence-corrected chi connectivity index (χ1v) is 7.33. The molecule has 0 unspecified atom stereocenters. The third-order valence-corrected chi connectivity index (χ3v) is 3.54. The predicted octanol–water partition coefficient (Wildman–Crippen LogP) is 2.87. The van der Waals surface area contributed by atoms with E-state index in [-0.39, 0.29) is 6.04 Å². The highest BCUT2D eigenvalue weighted by Crippen LogP contribution is 2.19. The molecule has 0 aliphatic rings. The standard InChI is InChI=1S/C16H29N3/c1-5-16(17)14-8-10-15(11-9-14)19(6-2)13-7-12-18(3)4/h8-11,16H,5-7,12-13,17H2,1-4H3/t16-/m1/s1. The van der Waals surface area contributed by atoms with Gasteiger partial charge in [-0.2, -0.15) is 0 Å². The fraction of sp³-hybridized carbons (Fsp3) is 0.625. The number of anilines is 1. The molecule has 3 nitrogen and oxygen atoms in total. The van der Waals surface area contributed by atoms with Gasteiger partial charge in [-0.15, -0.1) is 0 Å². The largest absolute Gasteiger partial charge is 0.372 e. The molecule has 3 heteroatoms. The zero-order chi connectivity index (χ0) is 14.3. The number of nitrogens with two attached hydrogens (primary N) is 1. The van der Waals surface area contributed by atoms with Gasteiger partial charge in [-0.1, -0.05) is 19.1 Å². The highest BCUT2D eigenvalue weighted by Gasteiger charge is 2.06. The van der Waals surface area contributed by atoms with E-state index < -0.39 is 0 Å². The molecule has 0 amide bonds. The topological polar surface area (TPSA) is 32.5 Å². The van der Waals surface area contributed by atoms with Gasteiger partial charge in [0.15, 0.2) is 0 Å². The first kappa shape index (κ1) is 16.0. The first-order chi connectivity index (χ1) is 9.08. The second-order valence-corrected chi connectivity index (χ2v) is 5.34. The zero-order valence-corrected chi connectivity index (χ0v) is 12.9. The molecule has 0 heterocycles. The molecule has 0 bridgehead atoms. The molecule has 0 spiro atoms. The monoisotopic (exact) mass is 263 g/mol. The Morgan fingerprint density at radius 2 is 1.68 bits per heavy atom. The molecule has 1 atom stereocenters. The maximum Gasteiger partial charge on any atom is 0.0366 e. The molecule has 0 aliphatic heterocycles. The minimum atomic E-state index is 0.165. The Morgan fingerprint density at radius 3 is 2.16 bits per heavy atom. The number of rotatable bonds is 8. The molecular formula is C16H29N3. The fourth-order valence-electron chi connectivity index (χ4n) is 2.22. The molecule has 0 saturated heterocycles. The Morgan fingerprint density at radius 1 is 1.05 bits per heavy atom. The first-order valence-electron chi connectivity index (χ1n) is 7.33. The average Bonchev–Trinajstić information content (AvgIpc) is 2.43. The van der Waals surface area contributed by atoms with Crippen molar-refractivity contribution in [3.8, 4) is 0 Å². The van der Waals surface area contributed by atoms with Crippen molar-refractivity contribution in [1.29, 1.82) is 0 Å². The highest BCUT2D eigenvalue weighted by atomic mass is 15.1. The molecule has 0 aromatic heterocycles. The van der Waals surface area contributed by atoms with Gasteiger partial charge >= 0.3 is 0 Å². The van der Waals surface area contributed by atoms with Crippen LogP contribution in [0.3, 0.4) is 0 Å². The van der Waals surface area contributed by atoms with Crippen LogP contribution >= 0.6 is 0 Å². The van der Waals surface area contributed by atoms with Crippen LogP contribution in [0.4, 0.5) is 5.69 Å². The lowest BCUT2D eigenvalue weighted by atomic mass is 10.1. The summed E-state index contributed by atoms with van der Waals surface area (Å²) in [6.45, 7) is 7.62. The molecule has 0 saturated carbocycles. The van der Waals surface area contributed by atoms with Gasteiger partial charge in [0.05, 0.1) is 0 Å². The SMILES string of the molecule is CC[C@@H](N)c1ccc(N(CC)CCCN(C)C)cc1. The van der Waals surface area contributed by atoms with Crippen LogP contribution in [0.5, 0.6) is 0 Å². The summed E-state index contributed by atoms with van der Waals surface area (Å²) in [6, 6.07) is 8.89. The van der Waals surface area contributed by atoms with Crippen molar-refractivity contribution in [2.24, 2.45) is 5.73 Å². The number of benzene rings is 1. The molecule has 2 N–H and O–H groups in total. The molecule has 19 heavy (non-hydrogen) atoms. The van der Waals surface area contributed by atoms with E-state index in [0.717, 1.165) is 26.1 Å². The summed E-state index contributed by atoms with van der Waals surface area (Å²) in [7, 11) is 4.24. The van der Waals surface area contributed by atoms with Crippen molar-refractivity contribution in [3.05, 3.63) is 29.8 Å². The van der Waals surface area contributed by atoms with Crippen molar-refractivity contribution in [2.45, 2.75) is 32.7 Å². The number of hydrogen-bond acceptors (Lipinski definition) is 3. The average molecular weight is 263 g/mol. The summed E-state index contributed by atoms with van der Waals surface area (Å²) in [5.41, 5.74) is 8.58. The van der Waals surface area contributed by atoms with E-state index in [2.05, 4.69) is 62.0 Å². The molecule has 108 valence electrons. The van der Waals surface area contributed by atoms with Crippen LogP contribution in [-0.4, -0.2) is 38.6 Å². The van der Waals surface area contributed by atoms with E-state index in [4.69, 9.17) is 5.73 Å². The molecule has 1 aromatic carbocycles. The van der Waals surface area contributed by atoms with Crippen LogP contribution in [0.25, 0.3) is 0 Å². The van der Waals surface area contributed by atoms with Crippen molar-refractivity contribution in [3.63, 3.8) is 0 Å². The van der Waals surface area contributed by atoms with Gasteiger partial charge in [0.2, 0.25) is 0 Å². The third-order valence-electron chi connectivity index (χ3n) is 3.54. The summed E-state index contributed by atoms with van der Waals surface area (Å²) in [5.74, 6) is 0. The van der Waals surface area contributed by atoms with Gasteiger partial charge in [0.25, 0.3) is 0 Å². The smallest absolute Gasteiger partial charge is 0.0366 e. The van der Waals surface area contributed by atoms with E-state index in [1.807, 2.05) is 0 Å². The third kappa shape index (κ3) is 5.21. The normalized spacial score (nSPS) is 12.7. The molecule has 0 radical (unpaired) electrons. The van der Waals surface area contributed by atoms with Crippen LogP contribution in [0.15, 0.2) is 24.3 Å². The Bertz CT molecular complexity index is 346. The Balaban J connectivity index is 2.60. The summed E-state index contributed by atoms with van der Waals surface area (Å²) >= 11 is 0. The van der Waals surface area contributed by atoms with Crippen molar-refractivity contribution < 1.29 is 0 Å². The molecule has 1 rings (SSSR count). The van der Waals surface area contributed by atoms with E-state index in [9.17, 15) is 0 Å². The molecular weight excluding hydrogens is 234 g/mol. The second kappa shape index (κ2) is 8.18. The summed E-state index contributed by atoms with van der Waals surface area (Å²) in [4.78, 5) is 4.65. The second-order valence-electron chi connectivity index (χ2n) is 5.34. The summed E-state index contributed by atoms with van der Waals surface area (Å²) in [6.07, 6.45) is 2.18. The van der Waals surface area contributed by atoms with E-state index in [1.54, 1.807) is 0 Å². The van der Waals surface area contributed by atoms with Crippen LogP contribution in [0.1, 0.15) is 38.3 Å². The lowest BCUT2D eigenvalue weighted by Crippen LogP contribution is -2.27. The Kier molecular flexibility index (Phi) is 6.89. The number of hydrogen-bond donors (Lipinski definition) is 1. The van der Waals surface area contributed by atoms with E-state index in [0.29, 0.717) is 0 Å². The van der Waals surface area contributed by atoms with Gasteiger partial charge in [0.1, 0.15) is 0 Å².